The van der Waals surface area contributed by atoms with Crippen molar-refractivity contribution in [1.82, 2.24) is 0 Å². The van der Waals surface area contributed by atoms with E-state index in [2.05, 4.69) is 142 Å². The van der Waals surface area contributed by atoms with Gasteiger partial charge in [-0.1, -0.05) is 258 Å². The summed E-state index contributed by atoms with van der Waals surface area (Å²) in [6, 6.07) is 0. The number of allylic oxidation sites excluding steroid dienone is 20. The van der Waals surface area contributed by atoms with Crippen LogP contribution in [0.4, 0.5) is 0 Å². The first-order chi connectivity index (χ1) is 37.5. The van der Waals surface area contributed by atoms with Crippen molar-refractivity contribution in [2.45, 2.75) is 290 Å². The third-order valence-electron chi connectivity index (χ3n) is 13.2. The van der Waals surface area contributed by atoms with E-state index in [0.29, 0.717) is 19.3 Å². The van der Waals surface area contributed by atoms with Crippen LogP contribution in [0.15, 0.2) is 122 Å². The molecule has 0 radical (unpaired) electrons. The number of carbonyl (C=O) groups excluding carboxylic acids is 3. The van der Waals surface area contributed by atoms with Gasteiger partial charge in [-0.3, -0.25) is 14.4 Å². The minimum atomic E-state index is -0.797. The Morgan fingerprint density at radius 2 is 0.513 bits per heavy atom. The highest BCUT2D eigenvalue weighted by atomic mass is 16.6. The lowest BCUT2D eigenvalue weighted by molar-refractivity contribution is -0.167. The van der Waals surface area contributed by atoms with Crippen LogP contribution in [0.3, 0.4) is 0 Å². The molecule has 0 N–H and O–H groups in total. The van der Waals surface area contributed by atoms with Crippen molar-refractivity contribution in [3.05, 3.63) is 122 Å². The van der Waals surface area contributed by atoms with E-state index < -0.39 is 6.10 Å². The second kappa shape index (κ2) is 63.3. The molecule has 6 heteroatoms. The minimum absolute atomic E-state index is 0.0924. The second-order valence-corrected chi connectivity index (χ2v) is 20.5. The first kappa shape index (κ1) is 71.8. The number of unbranched alkanes of at least 4 members (excludes halogenated alkanes) is 25. The minimum Gasteiger partial charge on any atom is -0.462 e. The maximum Gasteiger partial charge on any atom is 0.306 e. The van der Waals surface area contributed by atoms with E-state index in [4.69, 9.17) is 14.2 Å². The van der Waals surface area contributed by atoms with Crippen molar-refractivity contribution < 1.29 is 28.6 Å². The van der Waals surface area contributed by atoms with Gasteiger partial charge in [0.05, 0.1) is 0 Å². The maximum atomic E-state index is 12.9. The summed E-state index contributed by atoms with van der Waals surface area (Å²) in [5.41, 5.74) is 0. The van der Waals surface area contributed by atoms with Crippen LogP contribution in [0.5, 0.6) is 0 Å². The highest BCUT2D eigenvalue weighted by molar-refractivity contribution is 5.71. The SMILES string of the molecule is CC/C=C\C/C=C\C/C=C\C/C=C\C/C=C\CCCCCCCCCCCCCCCC(=O)OCC(COC(=O)CCCCCCC/C=C\CCCCC)OC(=O)CCCCCC/C=C\C/C=C\C/C=C\C/C=C\CC. The molecule has 0 aliphatic heterocycles. The van der Waals surface area contributed by atoms with Gasteiger partial charge < -0.3 is 14.2 Å². The summed E-state index contributed by atoms with van der Waals surface area (Å²) in [4.78, 5) is 38.2. The zero-order chi connectivity index (χ0) is 55.0. The van der Waals surface area contributed by atoms with Gasteiger partial charge in [0.2, 0.25) is 0 Å². The summed E-state index contributed by atoms with van der Waals surface area (Å²) in [5, 5.41) is 0. The van der Waals surface area contributed by atoms with Crippen LogP contribution < -0.4 is 0 Å². The largest absolute Gasteiger partial charge is 0.462 e. The smallest absolute Gasteiger partial charge is 0.306 e. The summed E-state index contributed by atoms with van der Waals surface area (Å²) >= 11 is 0. The molecule has 0 aromatic carbocycles. The van der Waals surface area contributed by atoms with Crippen LogP contribution in [0.2, 0.25) is 0 Å². The fourth-order valence-corrected chi connectivity index (χ4v) is 8.51. The lowest BCUT2D eigenvalue weighted by Crippen LogP contribution is -2.30. The van der Waals surface area contributed by atoms with Gasteiger partial charge in [-0.25, -0.2) is 0 Å². The molecule has 0 aromatic rings. The van der Waals surface area contributed by atoms with Crippen LogP contribution >= 0.6 is 0 Å². The van der Waals surface area contributed by atoms with E-state index in [1.807, 2.05) is 0 Å². The number of rotatable bonds is 56. The molecule has 432 valence electrons. The molecule has 76 heavy (non-hydrogen) atoms. The molecule has 0 bridgehead atoms. The summed E-state index contributed by atoms with van der Waals surface area (Å²) in [7, 11) is 0. The van der Waals surface area contributed by atoms with Gasteiger partial charge in [-0.15, -0.1) is 0 Å². The fourth-order valence-electron chi connectivity index (χ4n) is 8.51. The van der Waals surface area contributed by atoms with Crippen LogP contribution in [0.1, 0.15) is 284 Å². The second-order valence-electron chi connectivity index (χ2n) is 20.5. The van der Waals surface area contributed by atoms with Crippen LogP contribution in [0, 0.1) is 0 Å². The lowest BCUT2D eigenvalue weighted by Gasteiger charge is -2.18. The third kappa shape index (κ3) is 60.7. The van der Waals surface area contributed by atoms with E-state index in [9.17, 15) is 14.4 Å². The average Bonchev–Trinajstić information content (AvgIpc) is 3.42. The van der Waals surface area contributed by atoms with E-state index >= 15 is 0 Å². The molecule has 6 nitrogen and oxygen atoms in total. The molecule has 0 saturated carbocycles. The number of esters is 3. The van der Waals surface area contributed by atoms with E-state index in [1.54, 1.807) is 0 Å². The normalized spacial score (nSPS) is 12.9. The van der Waals surface area contributed by atoms with Gasteiger partial charge in [-0.05, 0) is 128 Å². The molecule has 0 fully saturated rings. The quantitative estimate of drug-likeness (QED) is 0.0261. The Bertz CT molecular complexity index is 1590. The predicted molar refractivity (Wildman–Crippen MR) is 330 cm³/mol. The molecule has 1 atom stereocenters. The highest BCUT2D eigenvalue weighted by Crippen LogP contribution is 2.16. The van der Waals surface area contributed by atoms with Crippen molar-refractivity contribution in [2.24, 2.45) is 0 Å². The van der Waals surface area contributed by atoms with Gasteiger partial charge in [0.1, 0.15) is 13.2 Å². The molecular weight excluding hydrogens is 937 g/mol. The highest BCUT2D eigenvalue weighted by Gasteiger charge is 2.19. The summed E-state index contributed by atoms with van der Waals surface area (Å²) in [6.07, 6.45) is 87.8. The zero-order valence-electron chi connectivity index (χ0n) is 49.5. The first-order valence-corrected chi connectivity index (χ1v) is 31.5. The summed E-state index contributed by atoms with van der Waals surface area (Å²) in [5.74, 6) is -0.924. The van der Waals surface area contributed by atoms with E-state index in [-0.39, 0.29) is 31.1 Å². The van der Waals surface area contributed by atoms with E-state index in [1.165, 1.54) is 103 Å². The Hall–Kier alpha value is -4.19. The molecule has 0 heterocycles. The van der Waals surface area contributed by atoms with Crippen LogP contribution in [-0.4, -0.2) is 37.2 Å². The molecule has 0 aromatic heterocycles. The monoisotopic (exact) mass is 1050 g/mol. The van der Waals surface area contributed by atoms with Gasteiger partial charge >= 0.3 is 17.9 Å². The predicted octanol–water partition coefficient (Wildman–Crippen LogP) is 21.6. The molecule has 0 aliphatic rings. The van der Waals surface area contributed by atoms with Gasteiger partial charge in [0, 0.05) is 19.3 Å². The average molecular weight is 1050 g/mol. The molecule has 0 aliphatic carbocycles. The van der Waals surface area contributed by atoms with Crippen molar-refractivity contribution >= 4 is 17.9 Å². The molecule has 0 amide bonds. The molecule has 0 spiro atoms. The molecule has 0 saturated heterocycles. The number of carbonyl (C=O) groups is 3. The van der Waals surface area contributed by atoms with Crippen LogP contribution in [-0.2, 0) is 28.6 Å². The standard InChI is InChI=1S/C70H116O6/c1-4-7-10-13-16-19-22-25-27-29-30-31-32-33-34-35-36-37-38-39-40-42-43-45-48-51-54-57-60-63-69(72)75-66-67(65-74-68(71)62-59-56-53-50-47-24-21-18-15-12-9-6-3)76-70(73)64-61-58-55-52-49-46-44-41-28-26-23-20-17-14-11-8-5-2/h7-8,10-11,16-21,25-28,30-31,33-34,44,46,67H,4-6,9,12-15,22-24,29,32,35-43,45,47-66H2,1-3H3/b10-7-,11-8-,19-16-,20-17-,21-18-,27-25-,28-26-,31-30-,34-33-,46-44-. The summed E-state index contributed by atoms with van der Waals surface area (Å²) < 4.78 is 16.9. The Morgan fingerprint density at radius 1 is 0.276 bits per heavy atom. The van der Waals surface area contributed by atoms with Gasteiger partial charge in [0.25, 0.3) is 0 Å². The van der Waals surface area contributed by atoms with Gasteiger partial charge in [-0.2, -0.15) is 0 Å². The van der Waals surface area contributed by atoms with Crippen LogP contribution in [0.25, 0.3) is 0 Å². The van der Waals surface area contributed by atoms with Crippen molar-refractivity contribution in [3.8, 4) is 0 Å². The van der Waals surface area contributed by atoms with Crippen molar-refractivity contribution in [3.63, 3.8) is 0 Å². The molecular formula is C70H116O6. The van der Waals surface area contributed by atoms with Crippen molar-refractivity contribution in [1.29, 1.82) is 0 Å². The Kier molecular flexibility index (Phi) is 59.9. The Balaban J connectivity index is 4.28. The zero-order valence-corrected chi connectivity index (χ0v) is 49.5. The fraction of sp³-hybridized carbons (Fsp3) is 0.671. The summed E-state index contributed by atoms with van der Waals surface area (Å²) in [6.45, 7) is 6.37. The Morgan fingerprint density at radius 3 is 0.816 bits per heavy atom. The number of hydrogen-bond donors (Lipinski definition) is 0. The lowest BCUT2D eigenvalue weighted by atomic mass is 10.0. The first-order valence-electron chi connectivity index (χ1n) is 31.5. The number of hydrogen-bond acceptors (Lipinski definition) is 6. The molecule has 1 unspecified atom stereocenters. The third-order valence-corrected chi connectivity index (χ3v) is 13.2. The number of ether oxygens (including phenoxy) is 3. The van der Waals surface area contributed by atoms with Gasteiger partial charge in [0.15, 0.2) is 6.10 Å². The van der Waals surface area contributed by atoms with Crippen molar-refractivity contribution in [2.75, 3.05) is 13.2 Å². The molecule has 0 rings (SSSR count). The van der Waals surface area contributed by atoms with E-state index in [0.717, 1.165) is 141 Å². The topological polar surface area (TPSA) is 78.9 Å². The maximum absolute atomic E-state index is 12.9. The Labute approximate surface area is 469 Å².